The first kappa shape index (κ1) is 20.5. The summed E-state index contributed by atoms with van der Waals surface area (Å²) in [5.74, 6) is 0.395. The normalized spacial score (nSPS) is 24.2. The molecule has 2 fully saturated rings. The van der Waals surface area contributed by atoms with E-state index in [9.17, 15) is 9.90 Å². The number of hydrogen-bond donors (Lipinski definition) is 1. The number of aromatic nitrogens is 1. The highest BCUT2D eigenvalue weighted by Crippen LogP contribution is 2.39. The van der Waals surface area contributed by atoms with Crippen molar-refractivity contribution in [2.75, 3.05) is 13.1 Å². The second-order valence-corrected chi connectivity index (χ2v) is 9.70. The highest BCUT2D eigenvalue weighted by atomic mass is 32.1. The third kappa shape index (κ3) is 4.71. The van der Waals surface area contributed by atoms with Crippen molar-refractivity contribution in [2.45, 2.75) is 63.8 Å². The van der Waals surface area contributed by atoms with E-state index in [2.05, 4.69) is 31.0 Å². The number of likely N-dealkylation sites (tertiary alicyclic amines) is 1. The van der Waals surface area contributed by atoms with Gasteiger partial charge in [0.05, 0.1) is 22.8 Å². The van der Waals surface area contributed by atoms with Gasteiger partial charge in [-0.1, -0.05) is 44.2 Å². The number of aliphatic hydroxyl groups is 1. The molecule has 1 spiro atoms. The molecule has 0 unspecified atom stereocenters. The van der Waals surface area contributed by atoms with Crippen molar-refractivity contribution < 1.29 is 14.6 Å². The number of ether oxygens (including phenoxy) is 1. The van der Waals surface area contributed by atoms with Crippen LogP contribution in [0.3, 0.4) is 0 Å². The summed E-state index contributed by atoms with van der Waals surface area (Å²) in [6.07, 6.45) is 3.49. The highest BCUT2D eigenvalue weighted by molar-refractivity contribution is 7.09. The van der Waals surface area contributed by atoms with Crippen molar-refractivity contribution in [1.29, 1.82) is 0 Å². The molecule has 1 aromatic carbocycles. The topological polar surface area (TPSA) is 62.7 Å². The van der Waals surface area contributed by atoms with E-state index in [1.54, 1.807) is 11.3 Å². The molecule has 2 atom stereocenters. The Balaban J connectivity index is 1.37. The lowest BCUT2D eigenvalue weighted by Gasteiger charge is -2.48. The molecule has 2 saturated heterocycles. The van der Waals surface area contributed by atoms with Crippen molar-refractivity contribution in [1.82, 2.24) is 9.88 Å². The average Bonchev–Trinajstić information content (AvgIpc) is 3.17. The smallest absolute Gasteiger partial charge is 0.273 e. The first-order chi connectivity index (χ1) is 13.9. The van der Waals surface area contributed by atoms with Crippen LogP contribution in [0.2, 0.25) is 0 Å². The molecular weight excluding hydrogens is 384 g/mol. The highest BCUT2D eigenvalue weighted by Gasteiger charge is 2.44. The zero-order valence-corrected chi connectivity index (χ0v) is 18.0. The molecule has 2 aromatic rings. The van der Waals surface area contributed by atoms with Crippen LogP contribution < -0.4 is 0 Å². The molecular formula is C23H30N2O3S. The average molecular weight is 415 g/mol. The van der Waals surface area contributed by atoms with Gasteiger partial charge in [-0.25, -0.2) is 4.98 Å². The second kappa shape index (κ2) is 8.54. The molecule has 1 amide bonds. The van der Waals surface area contributed by atoms with Crippen LogP contribution >= 0.6 is 11.3 Å². The van der Waals surface area contributed by atoms with Gasteiger partial charge in [0.2, 0.25) is 0 Å². The Morgan fingerprint density at radius 1 is 1.31 bits per heavy atom. The molecule has 5 nitrogen and oxygen atoms in total. The van der Waals surface area contributed by atoms with E-state index in [4.69, 9.17) is 4.74 Å². The number of thiazole rings is 1. The minimum atomic E-state index is -0.308. The molecule has 0 bridgehead atoms. The number of benzene rings is 1. The predicted octanol–water partition coefficient (Wildman–Crippen LogP) is 3.90. The number of aliphatic hydroxyl groups excluding tert-OH is 1. The van der Waals surface area contributed by atoms with Crippen molar-refractivity contribution in [3.8, 4) is 0 Å². The van der Waals surface area contributed by atoms with Crippen molar-refractivity contribution >= 4 is 17.2 Å². The molecule has 0 radical (unpaired) electrons. The van der Waals surface area contributed by atoms with Crippen molar-refractivity contribution in [2.24, 2.45) is 5.92 Å². The fraction of sp³-hybridized carbons (Fsp3) is 0.565. The van der Waals surface area contributed by atoms with E-state index in [0.29, 0.717) is 37.5 Å². The third-order valence-electron chi connectivity index (χ3n) is 6.19. The Morgan fingerprint density at radius 2 is 2.03 bits per heavy atom. The van der Waals surface area contributed by atoms with Gasteiger partial charge in [-0.05, 0) is 30.7 Å². The largest absolute Gasteiger partial charge is 0.393 e. The van der Waals surface area contributed by atoms with Crippen LogP contribution in [0, 0.1) is 5.92 Å². The summed E-state index contributed by atoms with van der Waals surface area (Å²) in [6.45, 7) is 5.60. The Morgan fingerprint density at radius 3 is 2.72 bits per heavy atom. The number of carbonyl (C=O) groups is 1. The van der Waals surface area contributed by atoms with Crippen LogP contribution in [-0.2, 0) is 11.2 Å². The van der Waals surface area contributed by atoms with Crippen LogP contribution in [0.4, 0.5) is 0 Å². The Labute approximate surface area is 176 Å². The Bertz CT molecular complexity index is 828. The first-order valence-corrected chi connectivity index (χ1v) is 11.5. The van der Waals surface area contributed by atoms with Gasteiger partial charge in [0.1, 0.15) is 5.69 Å². The monoisotopic (exact) mass is 414 g/mol. The molecule has 156 valence electrons. The summed E-state index contributed by atoms with van der Waals surface area (Å²) in [7, 11) is 0. The lowest BCUT2D eigenvalue weighted by molar-refractivity contribution is -0.190. The quantitative estimate of drug-likeness (QED) is 0.824. The van der Waals surface area contributed by atoms with Gasteiger partial charge >= 0.3 is 0 Å². The van der Waals surface area contributed by atoms with Gasteiger partial charge in [0.25, 0.3) is 5.91 Å². The number of nitrogens with zero attached hydrogens (tertiary/aromatic N) is 2. The number of carbonyl (C=O) groups excluding carboxylic acids is 1. The minimum absolute atomic E-state index is 0.00665. The molecule has 1 N–H and O–H groups in total. The van der Waals surface area contributed by atoms with E-state index in [0.717, 1.165) is 24.3 Å². The van der Waals surface area contributed by atoms with Gasteiger partial charge in [-0.2, -0.15) is 0 Å². The number of rotatable bonds is 4. The lowest BCUT2D eigenvalue weighted by atomic mass is 9.80. The maximum Gasteiger partial charge on any atom is 0.273 e. The fourth-order valence-corrected chi connectivity index (χ4v) is 5.27. The second-order valence-electron chi connectivity index (χ2n) is 8.76. The van der Waals surface area contributed by atoms with Gasteiger partial charge in [-0.15, -0.1) is 11.3 Å². The van der Waals surface area contributed by atoms with E-state index in [-0.39, 0.29) is 23.7 Å². The molecule has 2 aliphatic rings. The van der Waals surface area contributed by atoms with Crippen molar-refractivity contribution in [3.05, 3.63) is 52.0 Å². The van der Waals surface area contributed by atoms with Gasteiger partial charge < -0.3 is 14.7 Å². The Hall–Kier alpha value is -1.76. The van der Waals surface area contributed by atoms with Crippen LogP contribution in [-0.4, -0.2) is 51.8 Å². The zero-order valence-electron chi connectivity index (χ0n) is 17.2. The summed E-state index contributed by atoms with van der Waals surface area (Å²) >= 11 is 1.55. The molecule has 4 rings (SSSR count). The van der Waals surface area contributed by atoms with Crippen LogP contribution in [0.1, 0.15) is 60.6 Å². The maximum absolute atomic E-state index is 13.0. The summed E-state index contributed by atoms with van der Waals surface area (Å²) in [5.41, 5.74) is 1.46. The predicted molar refractivity (Wildman–Crippen MR) is 114 cm³/mol. The molecule has 1 aromatic heterocycles. The standard InChI is InChI=1S/C23H30N2O3S/c1-16(2)20-13-18(26)14-23(28-20)8-10-25(11-9-23)22(27)19-15-29-21(24-19)12-17-6-4-3-5-7-17/h3-7,15-16,18,20,26H,8-14H2,1-2H3/t18-,20-/m1/s1. The van der Waals surface area contributed by atoms with Crippen LogP contribution in [0.5, 0.6) is 0 Å². The molecule has 2 aliphatic heterocycles. The third-order valence-corrected chi connectivity index (χ3v) is 7.04. The van der Waals surface area contributed by atoms with Crippen LogP contribution in [0.15, 0.2) is 35.7 Å². The molecule has 0 saturated carbocycles. The van der Waals surface area contributed by atoms with E-state index in [1.807, 2.05) is 28.5 Å². The number of hydrogen-bond acceptors (Lipinski definition) is 5. The van der Waals surface area contributed by atoms with E-state index >= 15 is 0 Å². The summed E-state index contributed by atoms with van der Waals surface area (Å²) < 4.78 is 6.44. The molecule has 3 heterocycles. The summed E-state index contributed by atoms with van der Waals surface area (Å²) in [4.78, 5) is 19.4. The first-order valence-electron chi connectivity index (χ1n) is 10.6. The van der Waals surface area contributed by atoms with Crippen molar-refractivity contribution in [3.63, 3.8) is 0 Å². The number of amides is 1. The summed E-state index contributed by atoms with van der Waals surface area (Å²) in [5, 5.41) is 13.2. The molecule has 6 heteroatoms. The Kier molecular flexibility index (Phi) is 6.04. The zero-order chi connectivity index (χ0) is 20.4. The maximum atomic E-state index is 13.0. The SMILES string of the molecule is CC(C)[C@H]1C[C@@H](O)CC2(CCN(C(=O)c3csc(Cc4ccccc4)n3)CC2)O1. The number of piperidine rings is 1. The van der Waals surface area contributed by atoms with E-state index in [1.165, 1.54) is 5.56 Å². The lowest BCUT2D eigenvalue weighted by Crippen LogP contribution is -2.54. The van der Waals surface area contributed by atoms with E-state index < -0.39 is 0 Å². The van der Waals surface area contributed by atoms with Gasteiger partial charge in [0.15, 0.2) is 0 Å². The fourth-order valence-electron chi connectivity index (χ4n) is 4.47. The summed E-state index contributed by atoms with van der Waals surface area (Å²) in [6, 6.07) is 10.2. The van der Waals surface area contributed by atoms with Crippen LogP contribution in [0.25, 0.3) is 0 Å². The molecule has 0 aliphatic carbocycles. The minimum Gasteiger partial charge on any atom is -0.393 e. The molecule has 29 heavy (non-hydrogen) atoms. The van der Waals surface area contributed by atoms with Gasteiger partial charge in [-0.3, -0.25) is 4.79 Å². The van der Waals surface area contributed by atoms with Gasteiger partial charge in [0, 0.05) is 31.3 Å².